The maximum absolute atomic E-state index is 13.0. The molecule has 1 heterocycles. The van der Waals surface area contributed by atoms with Gasteiger partial charge < -0.3 is 4.90 Å². The molecule has 1 amide bonds. The van der Waals surface area contributed by atoms with Gasteiger partial charge in [-0.2, -0.15) is 0 Å². The van der Waals surface area contributed by atoms with E-state index in [2.05, 4.69) is 4.98 Å². The highest BCUT2D eigenvalue weighted by molar-refractivity contribution is 7.98. The molecule has 2 aromatic carbocycles. The van der Waals surface area contributed by atoms with E-state index in [4.69, 9.17) is 0 Å². The molecule has 5 heteroatoms. The number of amides is 1. The van der Waals surface area contributed by atoms with E-state index in [1.54, 1.807) is 42.4 Å². The quantitative estimate of drug-likeness (QED) is 0.588. The summed E-state index contributed by atoms with van der Waals surface area (Å²) < 4.78 is 13.0. The summed E-state index contributed by atoms with van der Waals surface area (Å²) in [7, 11) is 1.79. The van der Waals surface area contributed by atoms with Gasteiger partial charge in [0.25, 0.3) is 5.91 Å². The summed E-state index contributed by atoms with van der Waals surface area (Å²) in [4.78, 5) is 18.9. The van der Waals surface area contributed by atoms with Crippen molar-refractivity contribution in [1.29, 1.82) is 0 Å². The van der Waals surface area contributed by atoms with Crippen molar-refractivity contribution in [1.82, 2.24) is 9.88 Å². The molecule has 0 N–H and O–H groups in total. The SMILES string of the molecule is CN(Cc1ccccc1)C(=O)c1cccnc1SCc1ccc(F)cc1. The van der Waals surface area contributed by atoms with Crippen LogP contribution in [-0.2, 0) is 12.3 Å². The van der Waals surface area contributed by atoms with E-state index in [0.29, 0.717) is 22.9 Å². The minimum absolute atomic E-state index is 0.0661. The van der Waals surface area contributed by atoms with Gasteiger partial charge in [-0.15, -0.1) is 11.8 Å². The van der Waals surface area contributed by atoms with Crippen molar-refractivity contribution in [2.24, 2.45) is 0 Å². The molecular weight excluding hydrogens is 347 g/mol. The van der Waals surface area contributed by atoms with Crippen LogP contribution in [0.15, 0.2) is 78.0 Å². The highest BCUT2D eigenvalue weighted by Gasteiger charge is 2.17. The fourth-order valence-electron chi connectivity index (χ4n) is 2.54. The molecule has 26 heavy (non-hydrogen) atoms. The number of rotatable bonds is 6. The molecule has 0 radical (unpaired) electrons. The Morgan fingerprint density at radius 3 is 2.46 bits per heavy atom. The lowest BCUT2D eigenvalue weighted by Crippen LogP contribution is -2.26. The molecule has 3 rings (SSSR count). The smallest absolute Gasteiger partial charge is 0.256 e. The first-order valence-electron chi connectivity index (χ1n) is 8.25. The molecule has 3 aromatic rings. The average Bonchev–Trinajstić information content (AvgIpc) is 2.68. The summed E-state index contributed by atoms with van der Waals surface area (Å²) in [5.74, 6) is 0.304. The van der Waals surface area contributed by atoms with Crippen LogP contribution in [0.25, 0.3) is 0 Å². The molecule has 0 aliphatic rings. The van der Waals surface area contributed by atoms with Crippen LogP contribution in [0.4, 0.5) is 4.39 Å². The Kier molecular flexibility index (Phi) is 6.02. The molecule has 0 aliphatic heterocycles. The molecule has 0 saturated carbocycles. The third-order valence-corrected chi connectivity index (χ3v) is 4.98. The van der Waals surface area contributed by atoms with E-state index in [9.17, 15) is 9.18 Å². The molecule has 0 saturated heterocycles. The van der Waals surface area contributed by atoms with Crippen molar-refractivity contribution in [2.75, 3.05) is 7.05 Å². The van der Waals surface area contributed by atoms with Crippen molar-refractivity contribution in [3.63, 3.8) is 0 Å². The monoisotopic (exact) mass is 366 g/mol. The van der Waals surface area contributed by atoms with Gasteiger partial charge in [-0.25, -0.2) is 9.37 Å². The molecule has 3 nitrogen and oxygen atoms in total. The summed E-state index contributed by atoms with van der Waals surface area (Å²) in [5.41, 5.74) is 2.64. The average molecular weight is 366 g/mol. The first-order chi connectivity index (χ1) is 12.6. The van der Waals surface area contributed by atoms with Crippen LogP contribution in [0.3, 0.4) is 0 Å². The molecule has 132 valence electrons. The number of aromatic nitrogens is 1. The van der Waals surface area contributed by atoms with E-state index < -0.39 is 0 Å². The maximum atomic E-state index is 13.0. The van der Waals surface area contributed by atoms with Crippen molar-refractivity contribution in [3.05, 3.63) is 95.4 Å². The summed E-state index contributed by atoms with van der Waals surface area (Å²) in [5, 5.41) is 0.682. The molecule has 0 atom stereocenters. The molecule has 0 aliphatic carbocycles. The Morgan fingerprint density at radius 1 is 1.00 bits per heavy atom. The molecule has 0 unspecified atom stereocenters. The number of hydrogen-bond donors (Lipinski definition) is 0. The van der Waals surface area contributed by atoms with Gasteiger partial charge in [0.15, 0.2) is 0 Å². The number of thioether (sulfide) groups is 1. The van der Waals surface area contributed by atoms with Gasteiger partial charge in [0.1, 0.15) is 10.8 Å². The summed E-state index contributed by atoms with van der Waals surface area (Å²) >= 11 is 1.48. The Morgan fingerprint density at radius 2 is 1.73 bits per heavy atom. The fraction of sp³-hybridized carbons (Fsp3) is 0.143. The van der Waals surface area contributed by atoms with Gasteiger partial charge >= 0.3 is 0 Å². The molecular formula is C21H19FN2OS. The van der Waals surface area contributed by atoms with Crippen LogP contribution < -0.4 is 0 Å². The molecule has 1 aromatic heterocycles. The lowest BCUT2D eigenvalue weighted by Gasteiger charge is -2.18. The van der Waals surface area contributed by atoms with Gasteiger partial charge in [0.05, 0.1) is 5.56 Å². The minimum atomic E-state index is -0.255. The van der Waals surface area contributed by atoms with E-state index in [0.717, 1.165) is 11.1 Å². The summed E-state index contributed by atoms with van der Waals surface area (Å²) in [6.45, 7) is 0.538. The summed E-state index contributed by atoms with van der Waals surface area (Å²) in [6, 6.07) is 19.8. The number of hydrogen-bond acceptors (Lipinski definition) is 3. The number of halogens is 1. The Hall–Kier alpha value is -2.66. The van der Waals surface area contributed by atoms with Crippen LogP contribution >= 0.6 is 11.8 Å². The second-order valence-corrected chi connectivity index (χ2v) is 6.88. The van der Waals surface area contributed by atoms with Crippen molar-refractivity contribution >= 4 is 17.7 Å². The van der Waals surface area contributed by atoms with Gasteiger partial charge in [-0.05, 0) is 35.4 Å². The van der Waals surface area contributed by atoms with Crippen molar-refractivity contribution in [3.8, 4) is 0 Å². The van der Waals surface area contributed by atoms with Crippen LogP contribution in [0.1, 0.15) is 21.5 Å². The zero-order chi connectivity index (χ0) is 18.4. The van der Waals surface area contributed by atoms with Gasteiger partial charge in [0, 0.05) is 25.5 Å². The minimum Gasteiger partial charge on any atom is -0.337 e. The van der Waals surface area contributed by atoms with E-state index in [1.165, 1.54) is 23.9 Å². The Labute approximate surface area is 156 Å². The first kappa shape index (κ1) is 18.1. The third kappa shape index (κ3) is 4.70. The fourth-order valence-corrected chi connectivity index (χ4v) is 3.48. The third-order valence-electron chi connectivity index (χ3n) is 3.90. The maximum Gasteiger partial charge on any atom is 0.256 e. The number of carbonyl (C=O) groups is 1. The number of pyridine rings is 1. The van der Waals surface area contributed by atoms with Crippen molar-refractivity contribution in [2.45, 2.75) is 17.3 Å². The lowest BCUT2D eigenvalue weighted by atomic mass is 10.2. The van der Waals surface area contributed by atoms with Gasteiger partial charge in [-0.3, -0.25) is 4.79 Å². The standard InChI is InChI=1S/C21H19FN2OS/c1-24(14-16-6-3-2-4-7-16)21(25)19-8-5-13-23-20(19)26-15-17-9-11-18(22)12-10-17/h2-13H,14-15H2,1H3. The second kappa shape index (κ2) is 8.63. The molecule has 0 fully saturated rings. The highest BCUT2D eigenvalue weighted by atomic mass is 32.2. The normalized spacial score (nSPS) is 10.5. The topological polar surface area (TPSA) is 33.2 Å². The van der Waals surface area contributed by atoms with Gasteiger partial charge in [0.2, 0.25) is 0 Å². The van der Waals surface area contributed by atoms with Crippen LogP contribution in [0.5, 0.6) is 0 Å². The van der Waals surface area contributed by atoms with Crippen LogP contribution in [0.2, 0.25) is 0 Å². The second-order valence-electron chi connectivity index (χ2n) is 5.92. The Bertz CT molecular complexity index is 869. The first-order valence-corrected chi connectivity index (χ1v) is 9.23. The predicted octanol–water partition coefficient (Wildman–Crippen LogP) is 4.79. The number of benzene rings is 2. The largest absolute Gasteiger partial charge is 0.337 e. The van der Waals surface area contributed by atoms with Crippen LogP contribution in [-0.4, -0.2) is 22.8 Å². The van der Waals surface area contributed by atoms with Gasteiger partial charge in [-0.1, -0.05) is 42.5 Å². The molecule has 0 spiro atoms. The van der Waals surface area contributed by atoms with E-state index in [1.807, 2.05) is 30.3 Å². The van der Waals surface area contributed by atoms with Crippen molar-refractivity contribution < 1.29 is 9.18 Å². The number of nitrogens with zero attached hydrogens (tertiary/aromatic N) is 2. The zero-order valence-electron chi connectivity index (χ0n) is 14.4. The van der Waals surface area contributed by atoms with Crippen LogP contribution in [0, 0.1) is 5.82 Å². The lowest BCUT2D eigenvalue weighted by molar-refractivity contribution is 0.0781. The van der Waals surface area contributed by atoms with E-state index in [-0.39, 0.29) is 11.7 Å². The zero-order valence-corrected chi connectivity index (χ0v) is 15.2. The highest BCUT2D eigenvalue weighted by Crippen LogP contribution is 2.25. The Balaban J connectivity index is 1.71. The summed E-state index contributed by atoms with van der Waals surface area (Å²) in [6.07, 6.45) is 1.68. The van der Waals surface area contributed by atoms with E-state index >= 15 is 0 Å². The molecule has 0 bridgehead atoms. The number of carbonyl (C=O) groups excluding carboxylic acids is 1. The predicted molar refractivity (Wildman–Crippen MR) is 102 cm³/mol.